The zero-order valence-corrected chi connectivity index (χ0v) is 10.0. The molecular weight excluding hydrogens is 232 g/mol. The summed E-state index contributed by atoms with van der Waals surface area (Å²) in [5.41, 5.74) is 1.33. The number of nitrogens with one attached hydrogen (secondary N) is 1. The van der Waals surface area contributed by atoms with Crippen molar-refractivity contribution in [2.45, 2.75) is 6.92 Å². The number of ketones is 1. The molecule has 0 fully saturated rings. The number of Topliss-reactive ketones (excluding diaryl/α,β-unsaturated/α-hetero) is 1. The van der Waals surface area contributed by atoms with Crippen molar-refractivity contribution in [2.75, 3.05) is 5.32 Å². The first-order chi connectivity index (χ1) is 8.56. The summed E-state index contributed by atoms with van der Waals surface area (Å²) in [5.74, 6) is -0.408. The minimum absolute atomic E-state index is 0.0504. The van der Waals surface area contributed by atoms with Crippen LogP contribution >= 0.6 is 0 Å². The first-order valence-electron chi connectivity index (χ1n) is 5.35. The number of anilines is 1. The lowest BCUT2D eigenvalue weighted by molar-refractivity contribution is 0.100. The summed E-state index contributed by atoms with van der Waals surface area (Å²) in [5, 5.41) is 10.0. The Kier molecular flexibility index (Phi) is 3.18. The van der Waals surface area contributed by atoms with Gasteiger partial charge in [-0.15, -0.1) is 5.10 Å². The van der Waals surface area contributed by atoms with Crippen LogP contribution in [0.3, 0.4) is 0 Å². The van der Waals surface area contributed by atoms with E-state index in [0.717, 1.165) is 0 Å². The molecule has 0 aliphatic rings. The number of nitrogens with zero attached hydrogens (tertiary/aromatic N) is 3. The van der Waals surface area contributed by atoms with Crippen molar-refractivity contribution >= 4 is 17.4 Å². The molecule has 1 aromatic heterocycles. The number of carbonyl (C=O) groups is 2. The summed E-state index contributed by atoms with van der Waals surface area (Å²) in [7, 11) is 1.68. The molecular formula is C12H12N4O2. The molecule has 0 spiro atoms. The van der Waals surface area contributed by atoms with Gasteiger partial charge in [0.05, 0.1) is 6.20 Å². The van der Waals surface area contributed by atoms with Gasteiger partial charge in [0.25, 0.3) is 5.91 Å². The van der Waals surface area contributed by atoms with Gasteiger partial charge in [-0.2, -0.15) is 0 Å². The number of aryl methyl sites for hydroxylation is 1. The van der Waals surface area contributed by atoms with E-state index in [4.69, 9.17) is 0 Å². The monoisotopic (exact) mass is 244 g/mol. The maximum Gasteiger partial charge on any atom is 0.277 e. The van der Waals surface area contributed by atoms with Crippen LogP contribution in [0.2, 0.25) is 0 Å². The van der Waals surface area contributed by atoms with E-state index in [-0.39, 0.29) is 17.4 Å². The highest BCUT2D eigenvalue weighted by atomic mass is 16.2. The van der Waals surface area contributed by atoms with Crippen LogP contribution in [0.15, 0.2) is 30.5 Å². The molecule has 1 heterocycles. The van der Waals surface area contributed by atoms with Crippen molar-refractivity contribution in [3.8, 4) is 0 Å². The van der Waals surface area contributed by atoms with Crippen LogP contribution in [0.4, 0.5) is 5.69 Å². The molecule has 1 amide bonds. The quantitative estimate of drug-likeness (QED) is 0.825. The maximum absolute atomic E-state index is 11.8. The fourth-order valence-corrected chi connectivity index (χ4v) is 1.46. The Balaban J connectivity index is 2.16. The smallest absolute Gasteiger partial charge is 0.277 e. The van der Waals surface area contributed by atoms with Crippen molar-refractivity contribution in [3.05, 3.63) is 41.7 Å². The van der Waals surface area contributed by atoms with Crippen LogP contribution in [-0.2, 0) is 7.05 Å². The van der Waals surface area contributed by atoms with Crippen molar-refractivity contribution in [3.63, 3.8) is 0 Å². The van der Waals surface area contributed by atoms with Gasteiger partial charge in [-0.25, -0.2) is 0 Å². The Bertz CT molecular complexity index is 604. The largest absolute Gasteiger partial charge is 0.321 e. The van der Waals surface area contributed by atoms with Crippen molar-refractivity contribution < 1.29 is 9.59 Å². The van der Waals surface area contributed by atoms with Gasteiger partial charge in [0.1, 0.15) is 0 Å². The number of amides is 1. The summed E-state index contributed by atoms with van der Waals surface area (Å²) in [4.78, 5) is 23.0. The molecule has 1 N–H and O–H groups in total. The van der Waals surface area contributed by atoms with Gasteiger partial charge in [0.15, 0.2) is 11.5 Å². The molecule has 2 rings (SSSR count). The predicted octanol–water partition coefficient (Wildman–Crippen LogP) is 1.27. The number of hydrogen-bond donors (Lipinski definition) is 1. The second-order valence-electron chi connectivity index (χ2n) is 3.87. The van der Waals surface area contributed by atoms with Gasteiger partial charge in [0.2, 0.25) is 0 Å². The van der Waals surface area contributed by atoms with E-state index in [2.05, 4.69) is 15.6 Å². The fourth-order valence-electron chi connectivity index (χ4n) is 1.46. The van der Waals surface area contributed by atoms with Gasteiger partial charge in [0, 0.05) is 18.3 Å². The molecule has 0 aliphatic heterocycles. The summed E-state index contributed by atoms with van der Waals surface area (Å²) in [6, 6.07) is 6.74. The first kappa shape index (κ1) is 12.0. The second kappa shape index (κ2) is 4.79. The molecule has 6 heteroatoms. The molecule has 0 bridgehead atoms. The van der Waals surface area contributed by atoms with E-state index in [9.17, 15) is 9.59 Å². The molecule has 1 aromatic carbocycles. The molecule has 0 aliphatic carbocycles. The third kappa shape index (κ3) is 2.60. The van der Waals surface area contributed by atoms with E-state index in [1.54, 1.807) is 31.3 Å². The topological polar surface area (TPSA) is 76.9 Å². The van der Waals surface area contributed by atoms with Crippen LogP contribution in [-0.4, -0.2) is 26.7 Å². The lowest BCUT2D eigenvalue weighted by atomic mass is 10.1. The Morgan fingerprint density at radius 1 is 1.33 bits per heavy atom. The highest BCUT2D eigenvalue weighted by Crippen LogP contribution is 2.12. The normalized spacial score (nSPS) is 10.1. The molecule has 0 unspecified atom stereocenters. The minimum atomic E-state index is -0.358. The number of carbonyl (C=O) groups excluding carboxylic acids is 2. The zero-order valence-electron chi connectivity index (χ0n) is 10.0. The van der Waals surface area contributed by atoms with E-state index >= 15 is 0 Å². The molecule has 18 heavy (non-hydrogen) atoms. The zero-order chi connectivity index (χ0) is 13.1. The second-order valence-corrected chi connectivity index (χ2v) is 3.87. The number of rotatable bonds is 3. The Morgan fingerprint density at radius 2 is 2.11 bits per heavy atom. The van der Waals surface area contributed by atoms with Crippen LogP contribution < -0.4 is 5.32 Å². The standard InChI is InChI=1S/C12H12N4O2/c1-8(17)9-4-3-5-10(6-9)13-12(18)11-7-16(2)15-14-11/h3-7H,1-2H3,(H,13,18). The van der Waals surface area contributed by atoms with Gasteiger partial charge in [-0.05, 0) is 19.1 Å². The van der Waals surface area contributed by atoms with Crippen LogP contribution in [0, 0.1) is 0 Å². The number of aromatic nitrogens is 3. The van der Waals surface area contributed by atoms with E-state index < -0.39 is 0 Å². The Morgan fingerprint density at radius 3 is 2.72 bits per heavy atom. The lowest BCUT2D eigenvalue weighted by Crippen LogP contribution is -2.12. The van der Waals surface area contributed by atoms with Gasteiger partial charge < -0.3 is 5.32 Å². The molecule has 0 atom stereocenters. The van der Waals surface area contributed by atoms with Crippen LogP contribution in [0.1, 0.15) is 27.8 Å². The van der Waals surface area contributed by atoms with Crippen molar-refractivity contribution in [2.24, 2.45) is 7.05 Å². The summed E-state index contributed by atoms with van der Waals surface area (Å²) in [6.45, 7) is 1.48. The third-order valence-electron chi connectivity index (χ3n) is 2.36. The molecule has 0 radical (unpaired) electrons. The Hall–Kier alpha value is -2.50. The summed E-state index contributed by atoms with van der Waals surface area (Å²) < 4.78 is 1.45. The Labute approximate surface area is 104 Å². The average Bonchev–Trinajstić information content (AvgIpc) is 2.76. The molecule has 6 nitrogen and oxygen atoms in total. The maximum atomic E-state index is 11.8. The van der Waals surface area contributed by atoms with E-state index in [1.165, 1.54) is 17.8 Å². The molecule has 0 saturated carbocycles. The van der Waals surface area contributed by atoms with Crippen molar-refractivity contribution in [1.82, 2.24) is 15.0 Å². The highest BCUT2D eigenvalue weighted by Gasteiger charge is 2.10. The van der Waals surface area contributed by atoms with Crippen LogP contribution in [0.5, 0.6) is 0 Å². The minimum Gasteiger partial charge on any atom is -0.321 e. The number of hydrogen-bond acceptors (Lipinski definition) is 4. The molecule has 92 valence electrons. The number of benzene rings is 1. The first-order valence-corrected chi connectivity index (χ1v) is 5.35. The predicted molar refractivity (Wildman–Crippen MR) is 65.4 cm³/mol. The summed E-state index contributed by atoms with van der Waals surface area (Å²) >= 11 is 0. The highest BCUT2D eigenvalue weighted by molar-refractivity contribution is 6.03. The third-order valence-corrected chi connectivity index (χ3v) is 2.36. The van der Waals surface area contributed by atoms with Gasteiger partial charge in [-0.3, -0.25) is 14.3 Å². The molecule has 2 aromatic rings. The van der Waals surface area contributed by atoms with E-state index in [1.807, 2.05) is 0 Å². The SMILES string of the molecule is CC(=O)c1cccc(NC(=O)c2cn(C)nn2)c1. The molecule has 0 saturated heterocycles. The lowest BCUT2D eigenvalue weighted by Gasteiger charge is -2.04. The van der Waals surface area contributed by atoms with Crippen molar-refractivity contribution in [1.29, 1.82) is 0 Å². The van der Waals surface area contributed by atoms with E-state index in [0.29, 0.717) is 11.3 Å². The van der Waals surface area contributed by atoms with Crippen LogP contribution in [0.25, 0.3) is 0 Å². The van der Waals surface area contributed by atoms with Gasteiger partial charge >= 0.3 is 0 Å². The average molecular weight is 244 g/mol. The van der Waals surface area contributed by atoms with Gasteiger partial charge in [-0.1, -0.05) is 17.3 Å². The fraction of sp³-hybridized carbons (Fsp3) is 0.167. The summed E-state index contributed by atoms with van der Waals surface area (Å²) in [6.07, 6.45) is 1.52.